The van der Waals surface area contributed by atoms with Crippen molar-refractivity contribution >= 4 is 11.8 Å². The van der Waals surface area contributed by atoms with E-state index in [0.717, 1.165) is 30.6 Å². The van der Waals surface area contributed by atoms with Crippen LogP contribution in [-0.2, 0) is 27.4 Å². The van der Waals surface area contributed by atoms with Gasteiger partial charge in [0.1, 0.15) is 11.4 Å². The van der Waals surface area contributed by atoms with E-state index in [1.807, 2.05) is 36.4 Å². The average Bonchev–Trinajstić information content (AvgIpc) is 2.72. The van der Waals surface area contributed by atoms with Gasteiger partial charge in [0.2, 0.25) is 0 Å². The summed E-state index contributed by atoms with van der Waals surface area (Å²) in [6, 6.07) is 20.2. The van der Waals surface area contributed by atoms with Crippen LogP contribution in [0.5, 0.6) is 0 Å². The molecule has 0 bridgehead atoms. The monoisotopic (exact) mass is 392 g/mol. The van der Waals surface area contributed by atoms with Crippen molar-refractivity contribution in [2.45, 2.75) is 33.4 Å². The summed E-state index contributed by atoms with van der Waals surface area (Å²) in [6.07, 6.45) is 0.956. The lowest BCUT2D eigenvalue weighted by molar-refractivity contribution is -0.140. The highest BCUT2D eigenvalue weighted by Gasteiger charge is 2.31. The Balaban J connectivity index is 2.02. The highest BCUT2D eigenvalue weighted by atomic mass is 16.5. The smallest absolute Gasteiger partial charge is 0.345 e. The van der Waals surface area contributed by atoms with Gasteiger partial charge in [0.05, 0.1) is 6.61 Å². The van der Waals surface area contributed by atoms with Crippen LogP contribution in [0, 0.1) is 0 Å². The van der Waals surface area contributed by atoms with Crippen LogP contribution in [0.1, 0.15) is 31.4 Å². The molecular formula is C24H28N2O3. The minimum Gasteiger partial charge on any atom is -0.462 e. The van der Waals surface area contributed by atoms with Gasteiger partial charge < -0.3 is 14.5 Å². The first kappa shape index (κ1) is 20.6. The average molecular weight is 392 g/mol. The van der Waals surface area contributed by atoms with Gasteiger partial charge in [0.15, 0.2) is 5.78 Å². The van der Waals surface area contributed by atoms with Crippen molar-refractivity contribution in [3.63, 3.8) is 0 Å². The number of esters is 1. The third kappa shape index (κ3) is 5.25. The predicted octanol–water partition coefficient (Wildman–Crippen LogP) is 3.76. The number of benzene rings is 2. The van der Waals surface area contributed by atoms with Gasteiger partial charge in [-0.2, -0.15) is 0 Å². The molecule has 0 amide bonds. The van der Waals surface area contributed by atoms with E-state index in [2.05, 4.69) is 34.1 Å². The number of nitrogens with zero attached hydrogens (tertiary/aromatic N) is 2. The Morgan fingerprint density at radius 2 is 1.34 bits per heavy atom. The van der Waals surface area contributed by atoms with Gasteiger partial charge in [0.25, 0.3) is 0 Å². The number of carbonyl (C=O) groups excluding carboxylic acids is 2. The molecule has 29 heavy (non-hydrogen) atoms. The SMILES string of the molecule is CCOC(=O)C(C(C)=O)=C1N(Cc2ccccc2)CCCN1Cc1ccccc1. The number of hydrogen-bond acceptors (Lipinski definition) is 5. The minimum atomic E-state index is -0.548. The van der Waals surface area contributed by atoms with Gasteiger partial charge in [-0.3, -0.25) is 4.79 Å². The zero-order valence-corrected chi connectivity index (χ0v) is 17.1. The Bertz CT molecular complexity index is 811. The number of rotatable bonds is 7. The summed E-state index contributed by atoms with van der Waals surface area (Å²) in [5.74, 6) is -0.139. The lowest BCUT2D eigenvalue weighted by Crippen LogP contribution is -2.44. The fourth-order valence-corrected chi connectivity index (χ4v) is 3.69. The lowest BCUT2D eigenvalue weighted by Gasteiger charge is -2.41. The maximum atomic E-state index is 12.7. The molecule has 3 rings (SSSR count). The number of ketones is 1. The van der Waals surface area contributed by atoms with E-state index in [4.69, 9.17) is 4.74 Å². The quantitative estimate of drug-likeness (QED) is 0.311. The molecule has 1 heterocycles. The largest absolute Gasteiger partial charge is 0.462 e. The topological polar surface area (TPSA) is 49.9 Å². The molecule has 5 nitrogen and oxygen atoms in total. The number of carbonyl (C=O) groups is 2. The Hall–Kier alpha value is -3.08. The number of hydrogen-bond donors (Lipinski definition) is 0. The number of ether oxygens (including phenoxy) is 1. The van der Waals surface area contributed by atoms with Crippen molar-refractivity contribution in [1.82, 2.24) is 9.80 Å². The molecular weight excluding hydrogens is 364 g/mol. The Labute approximate surface area is 172 Å². The van der Waals surface area contributed by atoms with Crippen LogP contribution >= 0.6 is 0 Å². The van der Waals surface area contributed by atoms with Crippen LogP contribution in [0.2, 0.25) is 0 Å². The second kappa shape index (κ2) is 9.92. The van der Waals surface area contributed by atoms with Gasteiger partial charge in [-0.05, 0) is 31.4 Å². The second-order valence-corrected chi connectivity index (χ2v) is 7.14. The van der Waals surface area contributed by atoms with Crippen molar-refractivity contribution in [3.8, 4) is 0 Å². The molecule has 0 aromatic heterocycles. The molecule has 0 unspecified atom stereocenters. The normalized spacial score (nSPS) is 13.9. The molecule has 2 aromatic carbocycles. The summed E-state index contributed by atoms with van der Waals surface area (Å²) in [5.41, 5.74) is 2.41. The molecule has 1 aliphatic heterocycles. The van der Waals surface area contributed by atoms with Gasteiger partial charge in [0, 0.05) is 26.2 Å². The summed E-state index contributed by atoms with van der Waals surface area (Å²) in [4.78, 5) is 29.5. The third-order valence-corrected chi connectivity index (χ3v) is 4.94. The van der Waals surface area contributed by atoms with Crippen molar-refractivity contribution in [2.75, 3.05) is 19.7 Å². The molecule has 5 heteroatoms. The summed E-state index contributed by atoms with van der Waals surface area (Å²) in [5, 5.41) is 0. The van der Waals surface area contributed by atoms with Gasteiger partial charge in [-0.25, -0.2) is 4.79 Å². The summed E-state index contributed by atoms with van der Waals surface area (Å²) < 4.78 is 5.24. The first-order valence-electron chi connectivity index (χ1n) is 10.1. The molecule has 0 atom stereocenters. The van der Waals surface area contributed by atoms with Crippen LogP contribution in [0.15, 0.2) is 72.1 Å². The number of Topliss-reactive ketones (excluding diaryl/α,β-unsaturated/α-hetero) is 1. The van der Waals surface area contributed by atoms with E-state index in [-0.39, 0.29) is 18.0 Å². The summed E-state index contributed by atoms with van der Waals surface area (Å²) >= 11 is 0. The Morgan fingerprint density at radius 3 is 1.76 bits per heavy atom. The fourth-order valence-electron chi connectivity index (χ4n) is 3.69. The molecule has 1 saturated heterocycles. The molecule has 0 radical (unpaired) electrons. The van der Waals surface area contributed by atoms with Crippen LogP contribution in [0.4, 0.5) is 0 Å². The standard InChI is InChI=1S/C24H28N2O3/c1-3-29-24(28)22(19(2)27)23-25(17-20-11-6-4-7-12-20)15-10-16-26(23)18-21-13-8-5-9-14-21/h4-9,11-14H,3,10,15-18H2,1-2H3. The van der Waals surface area contributed by atoms with E-state index < -0.39 is 5.97 Å². The molecule has 0 saturated carbocycles. The van der Waals surface area contributed by atoms with E-state index in [9.17, 15) is 9.59 Å². The van der Waals surface area contributed by atoms with E-state index in [1.54, 1.807) is 6.92 Å². The van der Waals surface area contributed by atoms with Crippen LogP contribution in [0.25, 0.3) is 0 Å². The van der Waals surface area contributed by atoms with E-state index in [0.29, 0.717) is 18.9 Å². The molecule has 1 aliphatic rings. The van der Waals surface area contributed by atoms with Crippen molar-refractivity contribution in [3.05, 3.63) is 83.2 Å². The summed E-state index contributed by atoms with van der Waals surface area (Å²) in [6.45, 7) is 6.27. The molecule has 0 spiro atoms. The van der Waals surface area contributed by atoms with Crippen LogP contribution in [-0.4, -0.2) is 41.2 Å². The molecule has 152 valence electrons. The molecule has 2 aromatic rings. The fraction of sp³-hybridized carbons (Fsp3) is 0.333. The van der Waals surface area contributed by atoms with Gasteiger partial charge >= 0.3 is 5.97 Å². The Morgan fingerprint density at radius 1 is 0.862 bits per heavy atom. The minimum absolute atomic E-state index is 0.137. The highest BCUT2D eigenvalue weighted by molar-refractivity contribution is 6.16. The van der Waals surface area contributed by atoms with Gasteiger partial charge in [-0.1, -0.05) is 60.7 Å². The summed E-state index contributed by atoms with van der Waals surface area (Å²) in [7, 11) is 0. The van der Waals surface area contributed by atoms with Crippen molar-refractivity contribution in [2.24, 2.45) is 0 Å². The lowest BCUT2D eigenvalue weighted by atomic mass is 10.1. The van der Waals surface area contributed by atoms with E-state index in [1.165, 1.54) is 6.92 Å². The zero-order valence-electron chi connectivity index (χ0n) is 17.1. The molecule has 0 aliphatic carbocycles. The first-order chi connectivity index (χ1) is 14.1. The zero-order chi connectivity index (χ0) is 20.6. The van der Waals surface area contributed by atoms with Gasteiger partial charge in [-0.15, -0.1) is 0 Å². The predicted molar refractivity (Wildman–Crippen MR) is 113 cm³/mol. The Kier molecular flexibility index (Phi) is 7.06. The van der Waals surface area contributed by atoms with Crippen molar-refractivity contribution < 1.29 is 14.3 Å². The van der Waals surface area contributed by atoms with Crippen LogP contribution < -0.4 is 0 Å². The maximum absolute atomic E-state index is 12.7. The maximum Gasteiger partial charge on any atom is 0.345 e. The molecule has 0 N–H and O–H groups in total. The highest BCUT2D eigenvalue weighted by Crippen LogP contribution is 2.27. The second-order valence-electron chi connectivity index (χ2n) is 7.14. The third-order valence-electron chi connectivity index (χ3n) is 4.94. The first-order valence-corrected chi connectivity index (χ1v) is 10.1. The van der Waals surface area contributed by atoms with Crippen LogP contribution in [0.3, 0.4) is 0 Å². The van der Waals surface area contributed by atoms with E-state index >= 15 is 0 Å². The van der Waals surface area contributed by atoms with Crippen molar-refractivity contribution in [1.29, 1.82) is 0 Å². The molecule has 1 fully saturated rings.